The van der Waals surface area contributed by atoms with Gasteiger partial charge in [0.1, 0.15) is 0 Å². The summed E-state index contributed by atoms with van der Waals surface area (Å²) in [5.74, 6) is 0. The van der Waals surface area contributed by atoms with Crippen molar-refractivity contribution in [2.45, 2.75) is 40.0 Å². The molecule has 4 heteroatoms. The summed E-state index contributed by atoms with van der Waals surface area (Å²) in [5, 5.41) is 10.1. The van der Waals surface area contributed by atoms with Crippen LogP contribution in [0.15, 0.2) is 188 Å². The van der Waals surface area contributed by atoms with Crippen LogP contribution < -0.4 is 14.7 Å². The Morgan fingerprint density at radius 1 is 0.328 bits per heavy atom. The first kappa shape index (κ1) is 38.2. The van der Waals surface area contributed by atoms with Crippen molar-refractivity contribution in [1.82, 2.24) is 4.57 Å². The van der Waals surface area contributed by atoms with Crippen molar-refractivity contribution in [3.05, 3.63) is 188 Å². The molecule has 1 aromatic heterocycles. The highest BCUT2D eigenvalue weighted by atomic mass is 15.1. The molecule has 0 spiro atoms. The van der Waals surface area contributed by atoms with Crippen LogP contribution >= 0.6 is 0 Å². The first-order valence-corrected chi connectivity index (χ1v) is 22.1. The van der Waals surface area contributed by atoms with Crippen LogP contribution in [0.4, 0.5) is 34.1 Å². The van der Waals surface area contributed by atoms with E-state index in [0.717, 1.165) is 44.6 Å². The van der Waals surface area contributed by atoms with Gasteiger partial charge in [-0.1, -0.05) is 130 Å². The summed E-state index contributed by atoms with van der Waals surface area (Å²) >= 11 is 0. The number of hydrogen-bond acceptors (Lipinski definition) is 3. The first-order chi connectivity index (χ1) is 30.1. The van der Waals surface area contributed by atoms with Crippen LogP contribution in [-0.4, -0.2) is 24.2 Å². The summed E-state index contributed by atoms with van der Waals surface area (Å²) in [6.45, 7) is 9.58. The fraction of sp³-hybridized carbons (Fsp3) is 0.158. The molecule has 0 fully saturated rings. The maximum atomic E-state index is 2.51. The molecule has 0 aliphatic carbocycles. The average molecular weight is 793 g/mol. The van der Waals surface area contributed by atoms with Gasteiger partial charge in [0.15, 0.2) is 0 Å². The first-order valence-electron chi connectivity index (χ1n) is 22.1. The van der Waals surface area contributed by atoms with E-state index < -0.39 is 0 Å². The molecule has 4 nitrogen and oxygen atoms in total. The summed E-state index contributed by atoms with van der Waals surface area (Å²) in [6, 6.07) is 69.7. The highest BCUT2D eigenvalue weighted by Gasteiger charge is 2.20. The lowest BCUT2D eigenvalue weighted by Gasteiger charge is -2.27. The van der Waals surface area contributed by atoms with E-state index >= 15 is 0 Å². The number of fused-ring (bicyclic) bond motifs is 6. The van der Waals surface area contributed by atoms with Gasteiger partial charge < -0.3 is 19.3 Å². The molecule has 9 aromatic carbocycles. The van der Waals surface area contributed by atoms with E-state index in [9.17, 15) is 0 Å². The lowest BCUT2D eigenvalue weighted by molar-refractivity contribution is 0.888. The second kappa shape index (κ2) is 16.5. The highest BCUT2D eigenvalue weighted by Crippen LogP contribution is 2.42. The highest BCUT2D eigenvalue weighted by molar-refractivity contribution is 6.12. The van der Waals surface area contributed by atoms with E-state index in [-0.39, 0.29) is 0 Å². The smallest absolute Gasteiger partial charge is 0.0542 e. The summed E-state index contributed by atoms with van der Waals surface area (Å²) in [5.41, 5.74) is 10.9. The lowest BCUT2D eigenvalue weighted by Crippen LogP contribution is -2.18. The number of anilines is 6. The van der Waals surface area contributed by atoms with Crippen molar-refractivity contribution in [1.29, 1.82) is 0 Å². The molecule has 0 saturated heterocycles. The van der Waals surface area contributed by atoms with Crippen molar-refractivity contribution in [2.24, 2.45) is 0 Å². The Balaban J connectivity index is 1.15. The Morgan fingerprint density at radius 3 is 1.07 bits per heavy atom. The standard InChI is InChI=1S/C57H52N4/c1-4-36-58(53-25-13-19-41-16-7-10-22-48(41)53)44-28-30-45(31-29-44)61-56-34-32-46(59(37-5-2)54-26-14-20-42-17-8-11-23-49(42)54)39-51(56)52-40-47(33-35-57(52)61)60(38-6-3)55-27-15-21-43-18-9-12-24-50(43)55/h7-35,39-40H,4-6,36-38H2,1-3H3. The number of benzene rings is 9. The molecule has 10 aromatic rings. The molecule has 0 amide bonds. The van der Waals surface area contributed by atoms with Crippen molar-refractivity contribution in [3.8, 4) is 5.69 Å². The Kier molecular flexibility index (Phi) is 10.4. The van der Waals surface area contributed by atoms with E-state index in [1.165, 1.54) is 88.2 Å². The second-order valence-corrected chi connectivity index (χ2v) is 16.2. The minimum absolute atomic E-state index is 0.918. The second-order valence-electron chi connectivity index (χ2n) is 16.2. The van der Waals surface area contributed by atoms with Gasteiger partial charge in [0, 0.05) is 86.4 Å². The predicted octanol–water partition coefficient (Wildman–Crippen LogP) is 15.9. The van der Waals surface area contributed by atoms with Gasteiger partial charge in [-0.15, -0.1) is 0 Å². The zero-order valence-electron chi connectivity index (χ0n) is 35.4. The third-order valence-corrected chi connectivity index (χ3v) is 12.3. The SMILES string of the molecule is CCCN(c1ccc(-n2c3ccc(N(CCC)c4cccc5ccccc45)cc3c3cc(N(CCC)c4cccc5ccccc45)ccc32)cc1)c1cccc2ccccc12. The Hall–Kier alpha value is -7.04. The average Bonchev–Trinajstić information content (AvgIpc) is 3.64. The van der Waals surface area contributed by atoms with E-state index in [4.69, 9.17) is 0 Å². The van der Waals surface area contributed by atoms with Gasteiger partial charge in [0.05, 0.1) is 11.0 Å². The molecular weight excluding hydrogens is 741 g/mol. The molecule has 0 unspecified atom stereocenters. The summed E-state index contributed by atoms with van der Waals surface area (Å²) in [7, 11) is 0. The van der Waals surface area contributed by atoms with Gasteiger partial charge in [-0.3, -0.25) is 0 Å². The van der Waals surface area contributed by atoms with Crippen molar-refractivity contribution in [2.75, 3.05) is 34.3 Å². The van der Waals surface area contributed by atoms with Gasteiger partial charge in [0.2, 0.25) is 0 Å². The number of rotatable bonds is 13. The molecule has 0 bridgehead atoms. The third-order valence-electron chi connectivity index (χ3n) is 12.3. The molecule has 0 aliphatic rings. The molecule has 0 aliphatic heterocycles. The van der Waals surface area contributed by atoms with Crippen LogP contribution in [0.25, 0.3) is 59.8 Å². The van der Waals surface area contributed by atoms with Crippen LogP contribution in [0.5, 0.6) is 0 Å². The molecule has 0 saturated carbocycles. The van der Waals surface area contributed by atoms with Crippen LogP contribution in [0.3, 0.4) is 0 Å². The third kappa shape index (κ3) is 6.92. The monoisotopic (exact) mass is 792 g/mol. The van der Waals surface area contributed by atoms with Gasteiger partial charge in [0.25, 0.3) is 0 Å². The van der Waals surface area contributed by atoms with Crippen molar-refractivity contribution >= 4 is 88.2 Å². The Labute approximate surface area is 359 Å². The fourth-order valence-corrected chi connectivity index (χ4v) is 9.56. The maximum absolute atomic E-state index is 2.51. The van der Waals surface area contributed by atoms with Crippen LogP contribution in [0.1, 0.15) is 40.0 Å². The van der Waals surface area contributed by atoms with Crippen LogP contribution in [-0.2, 0) is 0 Å². The van der Waals surface area contributed by atoms with E-state index in [1.54, 1.807) is 0 Å². The Morgan fingerprint density at radius 2 is 0.672 bits per heavy atom. The topological polar surface area (TPSA) is 14.7 Å². The normalized spacial score (nSPS) is 11.6. The number of hydrogen-bond donors (Lipinski definition) is 0. The lowest BCUT2D eigenvalue weighted by atomic mass is 10.1. The van der Waals surface area contributed by atoms with Gasteiger partial charge in [-0.2, -0.15) is 0 Å². The van der Waals surface area contributed by atoms with Gasteiger partial charge in [-0.25, -0.2) is 0 Å². The molecule has 0 atom stereocenters. The molecule has 0 radical (unpaired) electrons. The summed E-state index contributed by atoms with van der Waals surface area (Å²) in [6.07, 6.45) is 3.11. The summed E-state index contributed by atoms with van der Waals surface area (Å²) in [4.78, 5) is 7.50. The van der Waals surface area contributed by atoms with Gasteiger partial charge >= 0.3 is 0 Å². The van der Waals surface area contributed by atoms with Crippen LogP contribution in [0.2, 0.25) is 0 Å². The van der Waals surface area contributed by atoms with Crippen molar-refractivity contribution in [3.63, 3.8) is 0 Å². The van der Waals surface area contributed by atoms with Gasteiger partial charge in [-0.05, 0) is 114 Å². The maximum Gasteiger partial charge on any atom is 0.0542 e. The zero-order chi connectivity index (χ0) is 41.3. The van der Waals surface area contributed by atoms with E-state index in [1.807, 2.05) is 0 Å². The van der Waals surface area contributed by atoms with Crippen LogP contribution in [0, 0.1) is 0 Å². The molecule has 1 heterocycles. The molecule has 10 rings (SSSR count). The fourth-order valence-electron chi connectivity index (χ4n) is 9.56. The van der Waals surface area contributed by atoms with E-state index in [2.05, 4.69) is 228 Å². The van der Waals surface area contributed by atoms with Crippen molar-refractivity contribution < 1.29 is 0 Å². The minimum atomic E-state index is 0.918. The Bertz CT molecular complexity index is 3000. The zero-order valence-corrected chi connectivity index (χ0v) is 35.4. The number of aromatic nitrogens is 1. The number of nitrogens with zero attached hydrogens (tertiary/aromatic N) is 4. The molecular formula is C57H52N4. The molecule has 300 valence electrons. The van der Waals surface area contributed by atoms with E-state index in [0.29, 0.717) is 0 Å². The quantitative estimate of drug-likeness (QED) is 0.116. The largest absolute Gasteiger partial charge is 0.341 e. The molecule has 0 N–H and O–H groups in total. The molecule has 61 heavy (non-hydrogen) atoms. The predicted molar refractivity (Wildman–Crippen MR) is 265 cm³/mol. The minimum Gasteiger partial charge on any atom is -0.341 e. The summed E-state index contributed by atoms with van der Waals surface area (Å²) < 4.78 is 2.47.